The number of anilines is 1. The Labute approximate surface area is 120 Å². The summed E-state index contributed by atoms with van der Waals surface area (Å²) in [6, 6.07) is 0. The number of hydrogen-bond donors (Lipinski definition) is 3. The molecule has 2 aromatic heterocycles. The van der Waals surface area contributed by atoms with Crippen molar-refractivity contribution >= 4 is 23.1 Å². The van der Waals surface area contributed by atoms with E-state index < -0.39 is 24.5 Å². The molecule has 1 aliphatic rings. The highest BCUT2D eigenvalue weighted by Gasteiger charge is 2.49. The van der Waals surface area contributed by atoms with Gasteiger partial charge in [-0.2, -0.15) is 0 Å². The molecule has 0 aromatic carbocycles. The minimum Gasteiger partial charge on any atom is -0.393 e. The van der Waals surface area contributed by atoms with E-state index in [-0.39, 0.29) is 6.42 Å². The summed E-state index contributed by atoms with van der Waals surface area (Å²) in [4.78, 5) is 19.3. The first kappa shape index (κ1) is 13.9. The number of ether oxygens (including phenoxy) is 1. The first-order valence-electron chi connectivity index (χ1n) is 6.53. The second-order valence-corrected chi connectivity index (χ2v) is 5.23. The fourth-order valence-electron chi connectivity index (χ4n) is 2.74. The Morgan fingerprint density at radius 3 is 3.00 bits per heavy atom. The molecule has 0 saturated carbocycles. The van der Waals surface area contributed by atoms with E-state index in [1.165, 1.54) is 6.33 Å². The van der Waals surface area contributed by atoms with Gasteiger partial charge in [0, 0.05) is 12.6 Å². The zero-order valence-corrected chi connectivity index (χ0v) is 11.4. The smallest absolute Gasteiger partial charge is 0.174 e. The van der Waals surface area contributed by atoms with Gasteiger partial charge in [-0.25, -0.2) is 9.97 Å². The number of aliphatic hydroxyl groups is 2. The minimum absolute atomic E-state index is 0.173. The molecule has 1 fully saturated rings. The summed E-state index contributed by atoms with van der Waals surface area (Å²) in [6.45, 7) is 1.28. The average Bonchev–Trinajstić information content (AvgIpc) is 2.98. The van der Waals surface area contributed by atoms with E-state index in [2.05, 4.69) is 9.97 Å². The highest BCUT2D eigenvalue weighted by molar-refractivity contribution is 5.89. The number of carbonyl (C=O) groups is 1. The molecule has 0 unspecified atom stereocenters. The molecule has 0 spiro atoms. The second kappa shape index (κ2) is 4.76. The SMILES string of the molecule is Cc1cn([C@H]2C[C@H](O)[C@@](C=O)(CO)O2)c2ncnc(N)c12. The molecule has 2 aromatic rings. The van der Waals surface area contributed by atoms with Crippen molar-refractivity contribution < 1.29 is 19.7 Å². The average molecular weight is 292 g/mol. The molecular formula is C13H16N4O4. The van der Waals surface area contributed by atoms with E-state index in [0.29, 0.717) is 23.1 Å². The number of aryl methyl sites for hydroxylation is 1. The summed E-state index contributed by atoms with van der Waals surface area (Å²) in [7, 11) is 0. The fourth-order valence-corrected chi connectivity index (χ4v) is 2.74. The molecule has 3 atom stereocenters. The first-order chi connectivity index (χ1) is 10.0. The van der Waals surface area contributed by atoms with Gasteiger partial charge in [0.25, 0.3) is 0 Å². The number of aldehydes is 1. The first-order valence-corrected chi connectivity index (χ1v) is 6.53. The van der Waals surface area contributed by atoms with E-state index in [9.17, 15) is 15.0 Å². The second-order valence-electron chi connectivity index (χ2n) is 5.23. The molecule has 8 nitrogen and oxygen atoms in total. The molecule has 8 heteroatoms. The molecule has 1 aliphatic heterocycles. The number of nitrogens with two attached hydrogens (primary N) is 1. The number of hydrogen-bond acceptors (Lipinski definition) is 7. The van der Waals surface area contributed by atoms with Crippen LogP contribution >= 0.6 is 0 Å². The number of carbonyl (C=O) groups excluding carboxylic acids is 1. The number of aliphatic hydroxyl groups excluding tert-OH is 2. The number of fused-ring (bicyclic) bond motifs is 1. The van der Waals surface area contributed by atoms with E-state index in [4.69, 9.17) is 10.5 Å². The summed E-state index contributed by atoms with van der Waals surface area (Å²) in [5.41, 5.74) is 5.70. The topological polar surface area (TPSA) is 123 Å². The summed E-state index contributed by atoms with van der Waals surface area (Å²) in [5, 5.41) is 20.1. The lowest BCUT2D eigenvalue weighted by molar-refractivity contribution is -0.151. The Balaban J connectivity index is 2.07. The van der Waals surface area contributed by atoms with E-state index in [1.54, 1.807) is 10.8 Å². The Bertz CT molecular complexity index is 701. The van der Waals surface area contributed by atoms with Crippen molar-refractivity contribution in [3.8, 4) is 0 Å². The lowest BCUT2D eigenvalue weighted by atomic mass is 10.00. The van der Waals surface area contributed by atoms with Gasteiger partial charge in [0.05, 0.1) is 18.1 Å². The molecule has 0 radical (unpaired) electrons. The Kier molecular flexibility index (Phi) is 3.16. The van der Waals surface area contributed by atoms with Crippen LogP contribution in [0.2, 0.25) is 0 Å². The van der Waals surface area contributed by atoms with Gasteiger partial charge >= 0.3 is 0 Å². The number of nitrogen functional groups attached to an aromatic ring is 1. The third kappa shape index (κ3) is 1.91. The zero-order chi connectivity index (χ0) is 15.2. The summed E-state index contributed by atoms with van der Waals surface area (Å²) < 4.78 is 7.30. The highest BCUT2D eigenvalue weighted by atomic mass is 16.6. The third-order valence-corrected chi connectivity index (χ3v) is 3.93. The molecule has 0 amide bonds. The Morgan fingerprint density at radius 1 is 1.62 bits per heavy atom. The summed E-state index contributed by atoms with van der Waals surface area (Å²) in [6.07, 6.45) is 2.06. The van der Waals surface area contributed by atoms with Crippen LogP contribution in [0.1, 0.15) is 18.2 Å². The van der Waals surface area contributed by atoms with Crippen molar-refractivity contribution in [3.63, 3.8) is 0 Å². The van der Waals surface area contributed by atoms with Gasteiger partial charge in [0.15, 0.2) is 11.9 Å². The monoisotopic (exact) mass is 292 g/mol. The van der Waals surface area contributed by atoms with Crippen molar-refractivity contribution in [2.75, 3.05) is 12.3 Å². The van der Waals surface area contributed by atoms with Gasteiger partial charge in [-0.15, -0.1) is 0 Å². The van der Waals surface area contributed by atoms with Crippen LogP contribution in [0.4, 0.5) is 5.82 Å². The maximum Gasteiger partial charge on any atom is 0.174 e. The van der Waals surface area contributed by atoms with Crippen LogP contribution in [-0.4, -0.2) is 49.3 Å². The van der Waals surface area contributed by atoms with Crippen molar-refractivity contribution in [2.45, 2.75) is 31.3 Å². The van der Waals surface area contributed by atoms with Gasteiger partial charge in [0.2, 0.25) is 0 Å². The quantitative estimate of drug-likeness (QED) is 0.653. The van der Waals surface area contributed by atoms with Crippen LogP contribution in [0.25, 0.3) is 11.0 Å². The highest BCUT2D eigenvalue weighted by Crippen LogP contribution is 2.38. The predicted molar refractivity (Wildman–Crippen MR) is 73.3 cm³/mol. The zero-order valence-electron chi connectivity index (χ0n) is 11.4. The molecule has 3 rings (SSSR count). The van der Waals surface area contributed by atoms with Gasteiger partial charge in [-0.05, 0) is 12.5 Å². The van der Waals surface area contributed by atoms with Crippen LogP contribution in [-0.2, 0) is 9.53 Å². The van der Waals surface area contributed by atoms with Crippen LogP contribution in [0.15, 0.2) is 12.5 Å². The van der Waals surface area contributed by atoms with Crippen molar-refractivity contribution in [2.24, 2.45) is 0 Å². The van der Waals surface area contributed by atoms with Gasteiger partial charge in [0.1, 0.15) is 24.0 Å². The van der Waals surface area contributed by atoms with Crippen LogP contribution in [0.5, 0.6) is 0 Å². The maximum absolute atomic E-state index is 11.2. The van der Waals surface area contributed by atoms with Crippen molar-refractivity contribution in [1.29, 1.82) is 0 Å². The van der Waals surface area contributed by atoms with Crippen molar-refractivity contribution in [3.05, 3.63) is 18.1 Å². The standard InChI is InChI=1S/C13H16N4O4/c1-7-3-17(12-10(7)11(14)15-6-16-12)9-2-8(20)13(4-18,5-19)21-9/h3-4,6,8-9,19-20H,2,5H2,1H3,(H2,14,15,16)/t8-,9+,13+/m0/s1. The lowest BCUT2D eigenvalue weighted by Crippen LogP contribution is -2.44. The van der Waals surface area contributed by atoms with E-state index >= 15 is 0 Å². The molecule has 112 valence electrons. The predicted octanol–water partition coefficient (Wildman–Crippen LogP) is -0.468. The minimum atomic E-state index is -1.59. The molecule has 21 heavy (non-hydrogen) atoms. The molecular weight excluding hydrogens is 276 g/mol. The molecule has 4 N–H and O–H groups in total. The number of rotatable bonds is 3. The van der Waals surface area contributed by atoms with Gasteiger partial charge in [-0.1, -0.05) is 0 Å². The number of nitrogens with zero attached hydrogens (tertiary/aromatic N) is 3. The fraction of sp³-hybridized carbons (Fsp3) is 0.462. The molecule has 1 saturated heterocycles. The molecule has 0 bridgehead atoms. The number of aromatic nitrogens is 3. The van der Waals surface area contributed by atoms with Gasteiger partial charge < -0.3 is 25.3 Å². The molecule has 0 aliphatic carbocycles. The van der Waals surface area contributed by atoms with Crippen LogP contribution in [0.3, 0.4) is 0 Å². The van der Waals surface area contributed by atoms with Crippen LogP contribution < -0.4 is 5.73 Å². The van der Waals surface area contributed by atoms with Gasteiger partial charge in [-0.3, -0.25) is 4.79 Å². The van der Waals surface area contributed by atoms with E-state index in [0.717, 1.165) is 5.56 Å². The van der Waals surface area contributed by atoms with E-state index in [1.807, 2.05) is 6.92 Å². The molecule has 3 heterocycles. The third-order valence-electron chi connectivity index (χ3n) is 3.93. The Morgan fingerprint density at radius 2 is 2.38 bits per heavy atom. The Hall–Kier alpha value is -2.03. The summed E-state index contributed by atoms with van der Waals surface area (Å²) >= 11 is 0. The van der Waals surface area contributed by atoms with Crippen LogP contribution in [0, 0.1) is 6.92 Å². The lowest BCUT2D eigenvalue weighted by Gasteiger charge is -2.23. The normalized spacial score (nSPS) is 29.1. The summed E-state index contributed by atoms with van der Waals surface area (Å²) in [5.74, 6) is 0.360. The maximum atomic E-state index is 11.2. The largest absolute Gasteiger partial charge is 0.393 e. The van der Waals surface area contributed by atoms with Crippen molar-refractivity contribution in [1.82, 2.24) is 14.5 Å².